The number of anilines is 1. The van der Waals surface area contributed by atoms with Crippen LogP contribution in [-0.4, -0.2) is 12.5 Å². The number of benzene rings is 1. The molecular weight excluding hydrogens is 284 g/mol. The predicted molar refractivity (Wildman–Crippen MR) is 84.9 cm³/mol. The summed E-state index contributed by atoms with van der Waals surface area (Å²) in [5.41, 5.74) is 3.21. The van der Waals surface area contributed by atoms with Gasteiger partial charge in [-0.25, -0.2) is 0 Å². The van der Waals surface area contributed by atoms with Gasteiger partial charge in [-0.05, 0) is 48.6 Å². The van der Waals surface area contributed by atoms with Crippen LogP contribution in [0.15, 0.2) is 29.6 Å². The van der Waals surface area contributed by atoms with Crippen molar-refractivity contribution in [3.05, 3.63) is 45.6 Å². The molecule has 3 rings (SSSR count). The first kappa shape index (κ1) is 14.1. The zero-order valence-electron chi connectivity index (χ0n) is 12.1. The summed E-state index contributed by atoms with van der Waals surface area (Å²) in [5.74, 6) is 0.633. The van der Waals surface area contributed by atoms with E-state index in [-0.39, 0.29) is 18.6 Å². The molecular formula is C16H18N2O2S. The quantitative estimate of drug-likeness (QED) is 0.911. The van der Waals surface area contributed by atoms with Crippen LogP contribution < -0.4 is 15.4 Å². The first-order valence-corrected chi connectivity index (χ1v) is 7.84. The molecule has 0 saturated carbocycles. The third-order valence-electron chi connectivity index (χ3n) is 3.67. The number of ether oxygens (including phenoxy) is 1. The Balaban J connectivity index is 1.70. The van der Waals surface area contributed by atoms with Gasteiger partial charge in [0.2, 0.25) is 0 Å². The van der Waals surface area contributed by atoms with Crippen LogP contribution in [0, 0.1) is 6.92 Å². The topological polar surface area (TPSA) is 50.4 Å². The Labute approximate surface area is 128 Å². The van der Waals surface area contributed by atoms with Crippen molar-refractivity contribution < 1.29 is 9.53 Å². The van der Waals surface area contributed by atoms with Crippen LogP contribution >= 0.6 is 11.3 Å². The molecule has 21 heavy (non-hydrogen) atoms. The summed E-state index contributed by atoms with van der Waals surface area (Å²) in [7, 11) is 0. The van der Waals surface area contributed by atoms with E-state index in [2.05, 4.69) is 35.9 Å². The highest BCUT2D eigenvalue weighted by Crippen LogP contribution is 2.30. The molecule has 0 spiro atoms. The zero-order valence-corrected chi connectivity index (χ0v) is 12.9. The van der Waals surface area contributed by atoms with Crippen molar-refractivity contribution in [3.8, 4) is 5.75 Å². The number of carbonyl (C=O) groups is 1. The third kappa shape index (κ3) is 3.09. The van der Waals surface area contributed by atoms with E-state index in [4.69, 9.17) is 4.74 Å². The number of nitrogens with one attached hydrogen (secondary N) is 2. The van der Waals surface area contributed by atoms with Crippen LogP contribution in [-0.2, 0) is 11.3 Å². The lowest BCUT2D eigenvalue weighted by Crippen LogP contribution is -2.26. The van der Waals surface area contributed by atoms with Crippen LogP contribution in [0.2, 0.25) is 0 Å². The number of rotatable bonds is 4. The average molecular weight is 302 g/mol. The highest BCUT2D eigenvalue weighted by molar-refractivity contribution is 7.10. The van der Waals surface area contributed by atoms with E-state index in [1.807, 2.05) is 18.2 Å². The van der Waals surface area contributed by atoms with Gasteiger partial charge in [-0.3, -0.25) is 4.79 Å². The minimum atomic E-state index is -0.102. The molecule has 1 amide bonds. The Morgan fingerprint density at radius 2 is 2.29 bits per heavy atom. The minimum absolute atomic E-state index is 0.0950. The molecule has 110 valence electrons. The number of amides is 1. The van der Waals surface area contributed by atoms with Crippen molar-refractivity contribution in [2.24, 2.45) is 0 Å². The molecule has 0 fully saturated rings. The van der Waals surface area contributed by atoms with Crippen LogP contribution in [0.5, 0.6) is 5.75 Å². The van der Waals surface area contributed by atoms with Crippen LogP contribution in [0.3, 0.4) is 0 Å². The van der Waals surface area contributed by atoms with Crippen molar-refractivity contribution >= 4 is 22.9 Å². The van der Waals surface area contributed by atoms with E-state index < -0.39 is 0 Å². The fourth-order valence-corrected chi connectivity index (χ4v) is 3.18. The fraction of sp³-hybridized carbons (Fsp3) is 0.312. The van der Waals surface area contributed by atoms with E-state index in [9.17, 15) is 4.79 Å². The molecule has 5 heteroatoms. The summed E-state index contributed by atoms with van der Waals surface area (Å²) in [6.45, 7) is 5.20. The van der Waals surface area contributed by atoms with E-state index in [0.29, 0.717) is 0 Å². The van der Waals surface area contributed by atoms with Gasteiger partial charge in [-0.1, -0.05) is 6.07 Å². The number of thiophene rings is 1. The first-order valence-electron chi connectivity index (χ1n) is 6.96. The van der Waals surface area contributed by atoms with E-state index >= 15 is 0 Å². The molecule has 1 aromatic carbocycles. The van der Waals surface area contributed by atoms with Gasteiger partial charge in [-0.2, -0.15) is 0 Å². The number of fused-ring (bicyclic) bond motifs is 1. The van der Waals surface area contributed by atoms with Gasteiger partial charge in [0, 0.05) is 17.5 Å². The maximum Gasteiger partial charge on any atom is 0.262 e. The van der Waals surface area contributed by atoms with Gasteiger partial charge in [0.25, 0.3) is 5.91 Å². The molecule has 4 nitrogen and oxygen atoms in total. The fourth-order valence-electron chi connectivity index (χ4n) is 2.32. The van der Waals surface area contributed by atoms with Gasteiger partial charge in [0.15, 0.2) is 6.61 Å². The molecule has 2 heterocycles. The molecule has 1 aromatic heterocycles. The Morgan fingerprint density at radius 3 is 3.05 bits per heavy atom. The number of carbonyl (C=O) groups excluding carboxylic acids is 1. The lowest BCUT2D eigenvalue weighted by molar-refractivity contribution is -0.118. The standard InChI is InChI=1S/C16H18N2O2S/c1-10-5-6-21-15(10)8-17-11(2)12-3-4-14-13(7-12)18-16(19)9-20-14/h3-7,11,17H,8-9H2,1-2H3,(H,18,19). The Kier molecular flexibility index (Phi) is 3.94. The molecule has 1 atom stereocenters. The van der Waals surface area contributed by atoms with Crippen molar-refractivity contribution in [1.82, 2.24) is 5.32 Å². The van der Waals surface area contributed by atoms with Crippen LogP contribution in [0.1, 0.15) is 29.0 Å². The SMILES string of the molecule is Cc1ccsc1CNC(C)c1ccc2c(c1)NC(=O)CO2. The summed E-state index contributed by atoms with van der Waals surface area (Å²) in [6, 6.07) is 8.27. The molecule has 0 aliphatic carbocycles. The Morgan fingerprint density at radius 1 is 1.43 bits per heavy atom. The smallest absolute Gasteiger partial charge is 0.262 e. The molecule has 0 saturated heterocycles. The molecule has 2 aromatic rings. The summed E-state index contributed by atoms with van der Waals surface area (Å²) < 4.78 is 5.37. The number of aryl methyl sites for hydroxylation is 1. The lowest BCUT2D eigenvalue weighted by Gasteiger charge is -2.21. The predicted octanol–water partition coefficient (Wildman–Crippen LogP) is 3.24. The third-order valence-corrected chi connectivity index (χ3v) is 4.70. The molecule has 1 aliphatic heterocycles. The van der Waals surface area contributed by atoms with Crippen LogP contribution in [0.25, 0.3) is 0 Å². The molecule has 0 bridgehead atoms. The maximum atomic E-state index is 11.4. The minimum Gasteiger partial charge on any atom is -0.482 e. The molecule has 0 radical (unpaired) electrons. The second kappa shape index (κ2) is 5.87. The van der Waals surface area contributed by atoms with Crippen molar-refractivity contribution in [3.63, 3.8) is 0 Å². The number of hydrogen-bond acceptors (Lipinski definition) is 4. The normalized spacial score (nSPS) is 15.0. The Bertz CT molecular complexity index is 666. The van der Waals surface area contributed by atoms with Gasteiger partial charge in [0.1, 0.15) is 5.75 Å². The van der Waals surface area contributed by atoms with Gasteiger partial charge in [-0.15, -0.1) is 11.3 Å². The number of hydrogen-bond donors (Lipinski definition) is 2. The lowest BCUT2D eigenvalue weighted by atomic mass is 10.1. The largest absolute Gasteiger partial charge is 0.482 e. The zero-order chi connectivity index (χ0) is 14.8. The van der Waals surface area contributed by atoms with E-state index in [1.165, 1.54) is 10.4 Å². The molecule has 1 unspecified atom stereocenters. The first-order chi connectivity index (χ1) is 10.1. The van der Waals surface area contributed by atoms with Crippen LogP contribution in [0.4, 0.5) is 5.69 Å². The van der Waals surface area contributed by atoms with Crippen molar-refractivity contribution in [2.75, 3.05) is 11.9 Å². The second-order valence-corrected chi connectivity index (χ2v) is 6.22. The summed E-state index contributed by atoms with van der Waals surface area (Å²) in [5, 5.41) is 8.48. The van der Waals surface area contributed by atoms with E-state index in [1.54, 1.807) is 11.3 Å². The Hall–Kier alpha value is -1.85. The highest BCUT2D eigenvalue weighted by atomic mass is 32.1. The summed E-state index contributed by atoms with van der Waals surface area (Å²) >= 11 is 1.77. The monoisotopic (exact) mass is 302 g/mol. The van der Waals surface area contributed by atoms with Gasteiger partial charge in [0.05, 0.1) is 5.69 Å². The highest BCUT2D eigenvalue weighted by Gasteiger charge is 2.17. The second-order valence-electron chi connectivity index (χ2n) is 5.22. The molecule has 1 aliphatic rings. The van der Waals surface area contributed by atoms with Crippen molar-refractivity contribution in [1.29, 1.82) is 0 Å². The van der Waals surface area contributed by atoms with Gasteiger partial charge >= 0.3 is 0 Å². The summed E-state index contributed by atoms with van der Waals surface area (Å²) in [6.07, 6.45) is 0. The maximum absolute atomic E-state index is 11.4. The molecule has 2 N–H and O–H groups in total. The van der Waals surface area contributed by atoms with Gasteiger partial charge < -0.3 is 15.4 Å². The van der Waals surface area contributed by atoms with E-state index in [0.717, 1.165) is 23.5 Å². The average Bonchev–Trinajstić information content (AvgIpc) is 2.89. The van der Waals surface area contributed by atoms with Crippen molar-refractivity contribution in [2.45, 2.75) is 26.4 Å². The summed E-state index contributed by atoms with van der Waals surface area (Å²) in [4.78, 5) is 12.7.